The highest BCUT2D eigenvalue weighted by Crippen LogP contribution is 2.36. The lowest BCUT2D eigenvalue weighted by Crippen LogP contribution is -2.17. The summed E-state index contributed by atoms with van der Waals surface area (Å²) in [5, 5.41) is 23.6. The van der Waals surface area contributed by atoms with Crippen LogP contribution in [0.15, 0.2) is 50.2 Å². The highest BCUT2D eigenvalue weighted by atomic mass is 32.2. The Morgan fingerprint density at radius 1 is 1.38 bits per heavy atom. The molecule has 0 spiro atoms. The summed E-state index contributed by atoms with van der Waals surface area (Å²) in [5.74, 6) is -0.0374. The van der Waals surface area contributed by atoms with Gasteiger partial charge in [-0.3, -0.25) is 14.9 Å². The van der Waals surface area contributed by atoms with Crippen molar-refractivity contribution in [2.75, 3.05) is 7.05 Å². The molecule has 0 aliphatic heterocycles. The van der Waals surface area contributed by atoms with Crippen LogP contribution in [0.5, 0.6) is 0 Å². The molecule has 3 aromatic rings. The van der Waals surface area contributed by atoms with Crippen molar-refractivity contribution in [3.63, 3.8) is 0 Å². The van der Waals surface area contributed by atoms with Crippen molar-refractivity contribution in [3.8, 4) is 10.8 Å². The maximum Gasteiger partial charge on any atom is 0.284 e. The van der Waals surface area contributed by atoms with E-state index in [1.54, 1.807) is 0 Å². The monoisotopic (exact) mass is 362 g/mol. The van der Waals surface area contributed by atoms with Crippen molar-refractivity contribution in [2.24, 2.45) is 0 Å². The molecule has 0 unspecified atom stereocenters. The molecule has 1 N–H and O–H groups in total. The third-order valence-electron chi connectivity index (χ3n) is 2.98. The Bertz CT molecular complexity index is 892. The van der Waals surface area contributed by atoms with Gasteiger partial charge < -0.3 is 9.73 Å². The van der Waals surface area contributed by atoms with Gasteiger partial charge in [0.1, 0.15) is 0 Å². The second-order valence-corrected chi connectivity index (χ2v) is 6.41. The molecule has 122 valence electrons. The number of nitro groups is 1. The lowest BCUT2D eigenvalue weighted by atomic mass is 10.2. The molecule has 2 aromatic heterocycles. The molecule has 0 bridgehead atoms. The molecule has 24 heavy (non-hydrogen) atoms. The van der Waals surface area contributed by atoms with Crippen molar-refractivity contribution in [2.45, 2.75) is 10.1 Å². The number of hydrogen-bond donors (Lipinski definition) is 1. The number of carbonyl (C=O) groups is 1. The zero-order chi connectivity index (χ0) is 17.1. The van der Waals surface area contributed by atoms with E-state index in [1.807, 2.05) is 17.5 Å². The van der Waals surface area contributed by atoms with Crippen molar-refractivity contribution in [3.05, 3.63) is 51.4 Å². The van der Waals surface area contributed by atoms with E-state index in [-0.39, 0.29) is 16.5 Å². The number of rotatable bonds is 5. The van der Waals surface area contributed by atoms with Crippen LogP contribution in [0.25, 0.3) is 10.8 Å². The third-order valence-corrected chi connectivity index (χ3v) is 4.74. The van der Waals surface area contributed by atoms with E-state index in [1.165, 1.54) is 36.6 Å². The van der Waals surface area contributed by atoms with Gasteiger partial charge in [-0.05, 0) is 35.3 Å². The van der Waals surface area contributed by atoms with Crippen molar-refractivity contribution >= 4 is 34.7 Å². The van der Waals surface area contributed by atoms with E-state index in [0.29, 0.717) is 10.8 Å². The molecular formula is C14H10N4O4S2. The number of benzene rings is 1. The fourth-order valence-corrected chi connectivity index (χ4v) is 3.29. The van der Waals surface area contributed by atoms with E-state index in [9.17, 15) is 14.9 Å². The van der Waals surface area contributed by atoms with Crippen LogP contribution in [-0.4, -0.2) is 28.1 Å². The molecule has 2 heterocycles. The second-order valence-electron chi connectivity index (χ2n) is 4.47. The average molecular weight is 362 g/mol. The molecule has 3 rings (SSSR count). The topological polar surface area (TPSA) is 111 Å². The predicted octanol–water partition coefficient (Wildman–Crippen LogP) is 3.22. The van der Waals surface area contributed by atoms with Crippen LogP contribution >= 0.6 is 23.1 Å². The molecule has 1 amide bonds. The number of thiophene rings is 1. The summed E-state index contributed by atoms with van der Waals surface area (Å²) in [5.41, 5.74) is 0.00956. The zero-order valence-electron chi connectivity index (χ0n) is 12.3. The Kier molecular flexibility index (Phi) is 4.58. The quantitative estimate of drug-likeness (QED) is 0.548. The largest absolute Gasteiger partial charge is 0.410 e. The van der Waals surface area contributed by atoms with Crippen LogP contribution < -0.4 is 5.32 Å². The third kappa shape index (κ3) is 3.29. The summed E-state index contributed by atoms with van der Waals surface area (Å²) < 4.78 is 5.51. The number of nitrogens with one attached hydrogen (secondary N) is 1. The Labute approximate surface area is 144 Å². The summed E-state index contributed by atoms with van der Waals surface area (Å²) in [6.45, 7) is 0. The summed E-state index contributed by atoms with van der Waals surface area (Å²) in [4.78, 5) is 23.5. The van der Waals surface area contributed by atoms with Gasteiger partial charge in [0.2, 0.25) is 0 Å². The van der Waals surface area contributed by atoms with Gasteiger partial charge in [0.05, 0.1) is 14.7 Å². The lowest BCUT2D eigenvalue weighted by Gasteiger charge is -2.03. The Hall–Kier alpha value is -2.72. The van der Waals surface area contributed by atoms with E-state index < -0.39 is 10.8 Å². The number of aromatic nitrogens is 2. The van der Waals surface area contributed by atoms with E-state index in [2.05, 4.69) is 15.5 Å². The van der Waals surface area contributed by atoms with Gasteiger partial charge in [-0.1, -0.05) is 6.07 Å². The molecule has 0 radical (unpaired) electrons. The molecule has 1 aromatic carbocycles. The van der Waals surface area contributed by atoms with Crippen LogP contribution in [0.4, 0.5) is 5.69 Å². The first-order chi connectivity index (χ1) is 11.6. The summed E-state index contributed by atoms with van der Waals surface area (Å²) >= 11 is 2.43. The molecule has 8 nitrogen and oxygen atoms in total. The molecule has 0 aliphatic carbocycles. The highest BCUT2D eigenvalue weighted by Gasteiger charge is 2.20. The predicted molar refractivity (Wildman–Crippen MR) is 88.2 cm³/mol. The zero-order valence-corrected chi connectivity index (χ0v) is 13.9. The van der Waals surface area contributed by atoms with Crippen molar-refractivity contribution in [1.29, 1.82) is 0 Å². The lowest BCUT2D eigenvalue weighted by molar-refractivity contribution is -0.387. The summed E-state index contributed by atoms with van der Waals surface area (Å²) in [6, 6.07) is 7.91. The first-order valence-corrected chi connectivity index (χ1v) is 8.34. The van der Waals surface area contributed by atoms with E-state index >= 15 is 0 Å². The molecule has 0 saturated carbocycles. The first-order valence-electron chi connectivity index (χ1n) is 6.64. The fraction of sp³-hybridized carbons (Fsp3) is 0.0714. The SMILES string of the molecule is CNC(=O)c1ccc(Sc2nnc(-c3cccs3)o2)c([N+](=O)[O-])c1. The van der Waals surface area contributed by atoms with E-state index in [0.717, 1.165) is 16.6 Å². The minimum Gasteiger partial charge on any atom is -0.410 e. The normalized spacial score (nSPS) is 10.5. The minimum absolute atomic E-state index is 0.189. The fourth-order valence-electron chi connectivity index (χ4n) is 1.88. The van der Waals surface area contributed by atoms with E-state index in [4.69, 9.17) is 4.42 Å². The highest BCUT2D eigenvalue weighted by molar-refractivity contribution is 7.99. The molecule has 0 aliphatic rings. The molecular weight excluding hydrogens is 352 g/mol. The van der Waals surface area contributed by atoms with Gasteiger partial charge in [-0.15, -0.1) is 21.5 Å². The molecule has 0 atom stereocenters. The van der Waals surface area contributed by atoms with Gasteiger partial charge in [0, 0.05) is 18.7 Å². The first kappa shape index (κ1) is 16.1. The number of hydrogen-bond acceptors (Lipinski definition) is 8. The van der Waals surface area contributed by atoms with Crippen LogP contribution in [0.2, 0.25) is 0 Å². The average Bonchev–Trinajstić information content (AvgIpc) is 3.25. The molecule has 0 saturated heterocycles. The Morgan fingerprint density at radius 2 is 2.21 bits per heavy atom. The van der Waals surface area contributed by atoms with Crippen LogP contribution in [0.3, 0.4) is 0 Å². The van der Waals surface area contributed by atoms with Crippen LogP contribution in [0, 0.1) is 10.1 Å². The Morgan fingerprint density at radius 3 is 2.88 bits per heavy atom. The second kappa shape index (κ2) is 6.81. The number of nitrogens with zero attached hydrogens (tertiary/aromatic N) is 3. The van der Waals surface area contributed by atoms with Gasteiger partial charge >= 0.3 is 0 Å². The number of amides is 1. The van der Waals surface area contributed by atoms with Crippen molar-refractivity contribution in [1.82, 2.24) is 15.5 Å². The van der Waals surface area contributed by atoms with Gasteiger partial charge in [0.15, 0.2) is 0 Å². The standard InChI is InChI=1S/C14H10N4O4S2/c1-15-12(19)8-4-5-10(9(7-8)18(20)21)24-14-17-16-13(22-14)11-3-2-6-23-11/h2-7H,1H3,(H,15,19). The minimum atomic E-state index is -0.550. The Balaban J connectivity index is 1.89. The number of carbonyl (C=O) groups excluding carboxylic acids is 1. The summed E-state index contributed by atoms with van der Waals surface area (Å²) in [7, 11) is 1.46. The maximum atomic E-state index is 11.6. The van der Waals surface area contributed by atoms with Crippen molar-refractivity contribution < 1.29 is 14.1 Å². The molecule has 0 fully saturated rings. The molecule has 10 heteroatoms. The number of nitro benzene ring substituents is 1. The van der Waals surface area contributed by atoms with Crippen LogP contribution in [-0.2, 0) is 0 Å². The van der Waals surface area contributed by atoms with Crippen LogP contribution in [0.1, 0.15) is 10.4 Å². The smallest absolute Gasteiger partial charge is 0.284 e. The van der Waals surface area contributed by atoms with Gasteiger partial charge in [0.25, 0.3) is 22.7 Å². The summed E-state index contributed by atoms with van der Waals surface area (Å²) in [6.07, 6.45) is 0. The maximum absolute atomic E-state index is 11.6. The van der Waals surface area contributed by atoms with Gasteiger partial charge in [-0.2, -0.15) is 0 Å². The van der Waals surface area contributed by atoms with Gasteiger partial charge in [-0.25, -0.2) is 0 Å².